The fraction of sp³-hybridized carbons (Fsp3) is 0.320. The van der Waals surface area contributed by atoms with Crippen molar-refractivity contribution in [2.24, 2.45) is 0 Å². The Morgan fingerprint density at radius 3 is 2.50 bits per heavy atom. The van der Waals surface area contributed by atoms with E-state index in [1.165, 1.54) is 0 Å². The van der Waals surface area contributed by atoms with Crippen molar-refractivity contribution < 1.29 is 9.59 Å². The van der Waals surface area contributed by atoms with Crippen LogP contribution in [-0.2, 0) is 17.9 Å². The Balaban J connectivity index is 1.53. The zero-order valence-corrected chi connectivity index (χ0v) is 18.6. The highest BCUT2D eigenvalue weighted by Crippen LogP contribution is 2.19. The first kappa shape index (κ1) is 21.8. The second kappa shape index (κ2) is 9.78. The third kappa shape index (κ3) is 4.73. The molecule has 0 radical (unpaired) electrons. The summed E-state index contributed by atoms with van der Waals surface area (Å²) in [5, 5.41) is 2.77. The lowest BCUT2D eigenvalue weighted by atomic mass is 10.0. The number of carbonyl (C=O) groups excluding carboxylic acids is 2. The van der Waals surface area contributed by atoms with Gasteiger partial charge in [0.1, 0.15) is 11.9 Å². The number of nitrogens with zero attached hydrogens (tertiary/aromatic N) is 4. The molecule has 1 N–H and O–H groups in total. The van der Waals surface area contributed by atoms with E-state index in [9.17, 15) is 9.59 Å². The molecular formula is C25H29N5O2. The molecule has 7 nitrogen and oxygen atoms in total. The number of nitrogens with one attached hydrogen (secondary N) is 1. The minimum absolute atomic E-state index is 0.0355. The Kier molecular flexibility index (Phi) is 6.66. The van der Waals surface area contributed by atoms with E-state index < -0.39 is 0 Å². The lowest BCUT2D eigenvalue weighted by Crippen LogP contribution is -2.59. The Morgan fingerprint density at radius 1 is 1.03 bits per heavy atom. The maximum atomic E-state index is 13.5. The number of carbonyl (C=O) groups is 2. The second-order valence-corrected chi connectivity index (χ2v) is 8.10. The molecule has 1 fully saturated rings. The highest BCUT2D eigenvalue weighted by atomic mass is 16.2. The monoisotopic (exact) mass is 431 g/mol. The van der Waals surface area contributed by atoms with Gasteiger partial charge in [-0.2, -0.15) is 0 Å². The summed E-state index contributed by atoms with van der Waals surface area (Å²) < 4.78 is 2.03. The van der Waals surface area contributed by atoms with E-state index in [0.29, 0.717) is 38.3 Å². The summed E-state index contributed by atoms with van der Waals surface area (Å²) in [6, 6.07) is 17.4. The smallest absolute Gasteiger partial charge is 0.254 e. The van der Waals surface area contributed by atoms with E-state index >= 15 is 0 Å². The summed E-state index contributed by atoms with van der Waals surface area (Å²) in [6.07, 6.45) is 3.68. The highest BCUT2D eigenvalue weighted by molar-refractivity contribution is 5.96. The largest absolute Gasteiger partial charge is 0.358 e. The number of rotatable bonds is 6. The van der Waals surface area contributed by atoms with Crippen LogP contribution >= 0.6 is 0 Å². The molecule has 4 rings (SSSR count). The molecule has 7 heteroatoms. The third-order valence-electron chi connectivity index (χ3n) is 6.07. The van der Waals surface area contributed by atoms with Crippen LogP contribution in [0.1, 0.15) is 27.3 Å². The summed E-state index contributed by atoms with van der Waals surface area (Å²) in [6.45, 7) is 4.80. The van der Waals surface area contributed by atoms with E-state index in [2.05, 4.69) is 27.3 Å². The first-order valence-electron chi connectivity index (χ1n) is 10.9. The van der Waals surface area contributed by atoms with Crippen LogP contribution < -0.4 is 5.32 Å². The standard InChI is InChI=1S/C25H29N5O2/c1-19-27-12-13-28(19)17-21-10-6-7-11-22(21)25(32)30-15-14-29(23(18-30)24(31)26-2)16-20-8-4-3-5-9-20/h3-13,23H,14-18H2,1-2H3,(H,26,31). The molecule has 2 aromatic carbocycles. The molecule has 0 bridgehead atoms. The molecule has 166 valence electrons. The Morgan fingerprint density at radius 2 is 1.78 bits per heavy atom. The second-order valence-electron chi connectivity index (χ2n) is 8.10. The van der Waals surface area contributed by atoms with Crippen LogP contribution in [0.25, 0.3) is 0 Å². The number of hydrogen-bond donors (Lipinski definition) is 1. The minimum atomic E-state index is -0.388. The number of aryl methyl sites for hydroxylation is 1. The number of piperazine rings is 1. The minimum Gasteiger partial charge on any atom is -0.358 e. The van der Waals surface area contributed by atoms with Crippen molar-refractivity contribution in [1.29, 1.82) is 0 Å². The van der Waals surface area contributed by atoms with Gasteiger partial charge in [-0.25, -0.2) is 4.98 Å². The molecule has 3 aromatic rings. The summed E-state index contributed by atoms with van der Waals surface area (Å²) in [5.41, 5.74) is 2.77. The molecule has 1 saturated heterocycles. The lowest BCUT2D eigenvalue weighted by molar-refractivity contribution is -0.128. The highest BCUT2D eigenvalue weighted by Gasteiger charge is 2.34. The van der Waals surface area contributed by atoms with Crippen molar-refractivity contribution in [2.45, 2.75) is 26.1 Å². The van der Waals surface area contributed by atoms with Gasteiger partial charge >= 0.3 is 0 Å². The fourth-order valence-corrected chi connectivity index (χ4v) is 4.22. The van der Waals surface area contributed by atoms with Gasteiger partial charge in [0.2, 0.25) is 5.91 Å². The number of amides is 2. The molecule has 32 heavy (non-hydrogen) atoms. The summed E-state index contributed by atoms with van der Waals surface area (Å²) in [5.74, 6) is 0.800. The van der Waals surface area contributed by atoms with Crippen molar-refractivity contribution in [1.82, 2.24) is 24.7 Å². The molecule has 2 heterocycles. The average molecular weight is 432 g/mol. The predicted octanol–water partition coefficient (Wildman–Crippen LogP) is 2.31. The zero-order chi connectivity index (χ0) is 22.5. The number of benzene rings is 2. The van der Waals surface area contributed by atoms with Crippen LogP contribution in [-0.4, -0.2) is 63.9 Å². The van der Waals surface area contributed by atoms with Crippen LogP contribution in [0.3, 0.4) is 0 Å². The van der Waals surface area contributed by atoms with Crippen LogP contribution in [0.2, 0.25) is 0 Å². The van der Waals surface area contributed by atoms with Gasteiger partial charge in [-0.1, -0.05) is 48.5 Å². The molecular weight excluding hydrogens is 402 g/mol. The first-order valence-corrected chi connectivity index (χ1v) is 10.9. The average Bonchev–Trinajstić information content (AvgIpc) is 3.23. The molecule has 1 atom stereocenters. The van der Waals surface area contributed by atoms with Crippen molar-refractivity contribution in [2.75, 3.05) is 26.7 Å². The zero-order valence-electron chi connectivity index (χ0n) is 18.6. The topological polar surface area (TPSA) is 70.5 Å². The maximum Gasteiger partial charge on any atom is 0.254 e. The van der Waals surface area contributed by atoms with Gasteiger partial charge < -0.3 is 14.8 Å². The van der Waals surface area contributed by atoms with Gasteiger partial charge in [0.05, 0.1) is 0 Å². The van der Waals surface area contributed by atoms with E-state index in [1.807, 2.05) is 60.2 Å². The maximum absolute atomic E-state index is 13.5. The van der Waals surface area contributed by atoms with Gasteiger partial charge in [-0.05, 0) is 24.1 Å². The summed E-state index contributed by atoms with van der Waals surface area (Å²) in [4.78, 5) is 34.4. The molecule has 1 aromatic heterocycles. The Bertz CT molecular complexity index is 1080. The third-order valence-corrected chi connectivity index (χ3v) is 6.07. The van der Waals surface area contributed by atoms with E-state index in [0.717, 1.165) is 17.0 Å². The number of likely N-dealkylation sites (N-methyl/N-ethyl adjacent to an activating group) is 1. The SMILES string of the molecule is CNC(=O)C1CN(C(=O)c2ccccc2Cn2ccnc2C)CCN1Cc1ccccc1. The Labute approximate surface area is 188 Å². The van der Waals surface area contributed by atoms with E-state index in [-0.39, 0.29) is 17.9 Å². The number of aromatic nitrogens is 2. The van der Waals surface area contributed by atoms with Gasteiger partial charge in [-0.3, -0.25) is 14.5 Å². The summed E-state index contributed by atoms with van der Waals surface area (Å²) >= 11 is 0. The molecule has 1 unspecified atom stereocenters. The van der Waals surface area contributed by atoms with Crippen molar-refractivity contribution in [3.8, 4) is 0 Å². The van der Waals surface area contributed by atoms with Gasteiger partial charge in [-0.15, -0.1) is 0 Å². The molecule has 1 aliphatic rings. The fourth-order valence-electron chi connectivity index (χ4n) is 4.22. The van der Waals surface area contributed by atoms with Gasteiger partial charge in [0.15, 0.2) is 0 Å². The van der Waals surface area contributed by atoms with Crippen LogP contribution in [0.4, 0.5) is 0 Å². The molecule has 0 spiro atoms. The van der Waals surface area contributed by atoms with Gasteiger partial charge in [0, 0.05) is 57.7 Å². The van der Waals surface area contributed by atoms with Crippen molar-refractivity contribution >= 4 is 11.8 Å². The van der Waals surface area contributed by atoms with Crippen molar-refractivity contribution in [3.63, 3.8) is 0 Å². The lowest BCUT2D eigenvalue weighted by Gasteiger charge is -2.40. The predicted molar refractivity (Wildman–Crippen MR) is 123 cm³/mol. The first-order chi connectivity index (χ1) is 15.6. The quantitative estimate of drug-likeness (QED) is 0.650. The van der Waals surface area contributed by atoms with Crippen LogP contribution in [0, 0.1) is 6.92 Å². The van der Waals surface area contributed by atoms with E-state index in [1.54, 1.807) is 18.1 Å². The van der Waals surface area contributed by atoms with Gasteiger partial charge in [0.25, 0.3) is 5.91 Å². The molecule has 2 amide bonds. The molecule has 0 aliphatic carbocycles. The summed E-state index contributed by atoms with van der Waals surface area (Å²) in [7, 11) is 1.65. The van der Waals surface area contributed by atoms with Crippen LogP contribution in [0.15, 0.2) is 67.0 Å². The molecule has 1 aliphatic heterocycles. The van der Waals surface area contributed by atoms with Crippen LogP contribution in [0.5, 0.6) is 0 Å². The number of imidazole rings is 1. The van der Waals surface area contributed by atoms with Crippen molar-refractivity contribution in [3.05, 3.63) is 89.5 Å². The molecule has 0 saturated carbocycles. The van der Waals surface area contributed by atoms with E-state index in [4.69, 9.17) is 0 Å². The normalized spacial score (nSPS) is 16.7. The Hall–Kier alpha value is -3.45. The number of hydrogen-bond acceptors (Lipinski definition) is 4.